The fourth-order valence-corrected chi connectivity index (χ4v) is 1.86. The molecule has 17 heavy (non-hydrogen) atoms. The maximum atomic E-state index is 10.4. The topological polar surface area (TPSA) is 26.3 Å². The number of aldehydes is 1. The molecular weight excluding hydrogens is 212 g/mol. The molecule has 0 bridgehead atoms. The summed E-state index contributed by atoms with van der Waals surface area (Å²) in [4.78, 5) is 10.4. The molecule has 0 N–H and O–H groups in total. The summed E-state index contributed by atoms with van der Waals surface area (Å²) in [7, 11) is 0. The second kappa shape index (κ2) is 6.43. The van der Waals surface area contributed by atoms with Gasteiger partial charge in [0.2, 0.25) is 0 Å². The molecule has 1 rings (SSSR count). The van der Waals surface area contributed by atoms with Crippen molar-refractivity contribution in [1.82, 2.24) is 0 Å². The molecule has 0 aliphatic heterocycles. The molecule has 0 amide bonds. The van der Waals surface area contributed by atoms with Crippen LogP contribution in [0, 0.1) is 0 Å². The fourth-order valence-electron chi connectivity index (χ4n) is 1.86. The first-order valence-electron chi connectivity index (χ1n) is 6.27. The van der Waals surface area contributed by atoms with Crippen LogP contribution in [0.2, 0.25) is 0 Å². The SMILES string of the molecule is CC(C)c1cccc(C(C)C)c1OCCC=O. The molecule has 94 valence electrons. The number of hydrogen-bond donors (Lipinski definition) is 0. The zero-order chi connectivity index (χ0) is 12.8. The van der Waals surface area contributed by atoms with Gasteiger partial charge in [0, 0.05) is 6.42 Å². The summed E-state index contributed by atoms with van der Waals surface area (Å²) in [5, 5.41) is 0. The molecule has 0 saturated heterocycles. The highest BCUT2D eigenvalue weighted by atomic mass is 16.5. The molecule has 1 aromatic rings. The van der Waals surface area contributed by atoms with E-state index in [1.165, 1.54) is 11.1 Å². The van der Waals surface area contributed by atoms with Crippen LogP contribution >= 0.6 is 0 Å². The third-order valence-corrected chi connectivity index (χ3v) is 2.80. The van der Waals surface area contributed by atoms with Gasteiger partial charge in [0.15, 0.2) is 0 Å². The van der Waals surface area contributed by atoms with E-state index in [0.29, 0.717) is 24.9 Å². The molecule has 0 radical (unpaired) electrons. The normalized spacial score (nSPS) is 10.9. The Bertz CT molecular complexity index is 341. The van der Waals surface area contributed by atoms with Crippen LogP contribution in [-0.2, 0) is 4.79 Å². The predicted octanol–water partition coefficient (Wildman–Crippen LogP) is 3.90. The third-order valence-electron chi connectivity index (χ3n) is 2.80. The number of carbonyl (C=O) groups is 1. The van der Waals surface area contributed by atoms with Crippen LogP contribution < -0.4 is 4.74 Å². The monoisotopic (exact) mass is 234 g/mol. The average Bonchev–Trinajstić information content (AvgIpc) is 2.28. The number of ether oxygens (including phenoxy) is 1. The maximum absolute atomic E-state index is 10.4. The zero-order valence-corrected chi connectivity index (χ0v) is 11.2. The number of rotatable bonds is 6. The van der Waals surface area contributed by atoms with Crippen molar-refractivity contribution in [2.75, 3.05) is 6.61 Å². The molecule has 2 heteroatoms. The Morgan fingerprint density at radius 3 is 2.06 bits per heavy atom. The van der Waals surface area contributed by atoms with Crippen molar-refractivity contribution < 1.29 is 9.53 Å². The van der Waals surface area contributed by atoms with Gasteiger partial charge in [-0.3, -0.25) is 0 Å². The Morgan fingerprint density at radius 2 is 1.65 bits per heavy atom. The fraction of sp³-hybridized carbons (Fsp3) is 0.533. The molecule has 0 saturated carbocycles. The van der Waals surface area contributed by atoms with E-state index >= 15 is 0 Å². The molecule has 2 nitrogen and oxygen atoms in total. The van der Waals surface area contributed by atoms with Crippen LogP contribution in [0.1, 0.15) is 57.1 Å². The van der Waals surface area contributed by atoms with Gasteiger partial charge in [0.1, 0.15) is 12.0 Å². The van der Waals surface area contributed by atoms with Gasteiger partial charge in [0.05, 0.1) is 6.61 Å². The van der Waals surface area contributed by atoms with E-state index in [9.17, 15) is 4.79 Å². The van der Waals surface area contributed by atoms with Gasteiger partial charge in [-0.15, -0.1) is 0 Å². The summed E-state index contributed by atoms with van der Waals surface area (Å²) in [5.74, 6) is 1.83. The summed E-state index contributed by atoms with van der Waals surface area (Å²) in [6.07, 6.45) is 1.34. The lowest BCUT2D eigenvalue weighted by Crippen LogP contribution is -2.05. The maximum Gasteiger partial charge on any atom is 0.126 e. The Labute approximate surface area is 104 Å². The van der Waals surface area contributed by atoms with Crippen molar-refractivity contribution >= 4 is 6.29 Å². The van der Waals surface area contributed by atoms with E-state index in [4.69, 9.17) is 4.74 Å². The van der Waals surface area contributed by atoms with Crippen LogP contribution in [0.3, 0.4) is 0 Å². The number of hydrogen-bond acceptors (Lipinski definition) is 2. The van der Waals surface area contributed by atoms with E-state index in [1.807, 2.05) is 0 Å². The lowest BCUT2D eigenvalue weighted by atomic mass is 9.94. The highest BCUT2D eigenvalue weighted by molar-refractivity contribution is 5.50. The molecule has 0 aromatic heterocycles. The highest BCUT2D eigenvalue weighted by Gasteiger charge is 2.14. The second-order valence-corrected chi connectivity index (χ2v) is 4.88. The molecular formula is C15H22O2. The molecule has 0 aliphatic rings. The molecule has 0 fully saturated rings. The van der Waals surface area contributed by atoms with Gasteiger partial charge in [-0.05, 0) is 23.0 Å². The minimum Gasteiger partial charge on any atom is -0.493 e. The van der Waals surface area contributed by atoms with Crippen LogP contribution in [0.25, 0.3) is 0 Å². The summed E-state index contributed by atoms with van der Waals surface area (Å²) in [6, 6.07) is 6.29. The van der Waals surface area contributed by atoms with Crippen LogP contribution in [-0.4, -0.2) is 12.9 Å². The van der Waals surface area contributed by atoms with Gasteiger partial charge in [-0.1, -0.05) is 45.9 Å². The lowest BCUT2D eigenvalue weighted by Gasteiger charge is -2.19. The first kappa shape index (κ1) is 13.8. The van der Waals surface area contributed by atoms with Gasteiger partial charge in [-0.25, -0.2) is 0 Å². The second-order valence-electron chi connectivity index (χ2n) is 4.88. The van der Waals surface area contributed by atoms with Crippen molar-refractivity contribution in [2.24, 2.45) is 0 Å². The first-order chi connectivity index (χ1) is 8.07. The minimum absolute atomic E-state index is 0.430. The quantitative estimate of drug-likeness (QED) is 0.551. The largest absolute Gasteiger partial charge is 0.493 e. The van der Waals surface area contributed by atoms with Crippen molar-refractivity contribution in [3.8, 4) is 5.75 Å². The Morgan fingerprint density at radius 1 is 1.12 bits per heavy atom. The van der Waals surface area contributed by atoms with E-state index in [-0.39, 0.29) is 0 Å². The number of benzene rings is 1. The smallest absolute Gasteiger partial charge is 0.126 e. The molecule has 0 atom stereocenters. The van der Waals surface area contributed by atoms with Gasteiger partial charge >= 0.3 is 0 Å². The molecule has 0 spiro atoms. The van der Waals surface area contributed by atoms with Gasteiger partial charge in [-0.2, -0.15) is 0 Å². The highest BCUT2D eigenvalue weighted by Crippen LogP contribution is 2.34. The Hall–Kier alpha value is -1.31. The van der Waals surface area contributed by atoms with Crippen molar-refractivity contribution in [3.63, 3.8) is 0 Å². The Kier molecular flexibility index (Phi) is 5.20. The Balaban J connectivity index is 3.05. The van der Waals surface area contributed by atoms with E-state index in [2.05, 4.69) is 45.9 Å². The average molecular weight is 234 g/mol. The summed E-state index contributed by atoms with van der Waals surface area (Å²) in [5.41, 5.74) is 2.45. The molecule has 0 aliphatic carbocycles. The van der Waals surface area contributed by atoms with Crippen molar-refractivity contribution in [3.05, 3.63) is 29.3 Å². The molecule has 0 unspecified atom stereocenters. The zero-order valence-electron chi connectivity index (χ0n) is 11.2. The third kappa shape index (κ3) is 3.58. The molecule has 1 aromatic carbocycles. The summed E-state index contributed by atoms with van der Waals surface area (Å²) < 4.78 is 5.80. The standard InChI is InChI=1S/C15H22O2/c1-11(2)13-7-5-8-14(12(3)4)15(13)17-10-6-9-16/h5,7-9,11-12H,6,10H2,1-4H3. The van der Waals surface area contributed by atoms with Crippen molar-refractivity contribution in [2.45, 2.75) is 46.0 Å². The predicted molar refractivity (Wildman–Crippen MR) is 70.8 cm³/mol. The number of carbonyl (C=O) groups excluding carboxylic acids is 1. The van der Waals surface area contributed by atoms with E-state index < -0.39 is 0 Å². The van der Waals surface area contributed by atoms with Crippen molar-refractivity contribution in [1.29, 1.82) is 0 Å². The first-order valence-corrected chi connectivity index (χ1v) is 6.27. The lowest BCUT2D eigenvalue weighted by molar-refractivity contribution is -0.108. The summed E-state index contributed by atoms with van der Waals surface area (Å²) >= 11 is 0. The van der Waals surface area contributed by atoms with E-state index in [0.717, 1.165) is 12.0 Å². The van der Waals surface area contributed by atoms with Crippen LogP contribution in [0.15, 0.2) is 18.2 Å². The number of para-hydroxylation sites is 1. The summed E-state index contributed by atoms with van der Waals surface area (Å²) in [6.45, 7) is 9.10. The molecule has 0 heterocycles. The van der Waals surface area contributed by atoms with Crippen LogP contribution in [0.5, 0.6) is 5.75 Å². The van der Waals surface area contributed by atoms with Gasteiger partial charge < -0.3 is 9.53 Å². The van der Waals surface area contributed by atoms with Crippen LogP contribution in [0.4, 0.5) is 0 Å². The van der Waals surface area contributed by atoms with Gasteiger partial charge in [0.25, 0.3) is 0 Å². The minimum atomic E-state index is 0.430. The van der Waals surface area contributed by atoms with E-state index in [1.54, 1.807) is 0 Å².